The van der Waals surface area contributed by atoms with Crippen molar-refractivity contribution in [3.8, 4) is 11.5 Å². The smallest absolute Gasteiger partial charge is 0.241 e. The SMILES string of the molecule is Cc1ccc(NC(=O)[C@@H](C)N(C)Cc2ccc3c(c2)OCCO3)cc1. The van der Waals surface area contributed by atoms with Crippen molar-refractivity contribution in [2.24, 2.45) is 0 Å². The van der Waals surface area contributed by atoms with E-state index in [1.54, 1.807) is 0 Å². The first-order valence-electron chi connectivity index (χ1n) is 8.49. The lowest BCUT2D eigenvalue weighted by Crippen LogP contribution is -2.39. The van der Waals surface area contributed by atoms with E-state index >= 15 is 0 Å². The summed E-state index contributed by atoms with van der Waals surface area (Å²) in [6, 6.07) is 13.5. The first-order chi connectivity index (χ1) is 12.0. The lowest BCUT2D eigenvalue weighted by atomic mass is 10.1. The number of fused-ring (bicyclic) bond motifs is 1. The fourth-order valence-corrected chi connectivity index (χ4v) is 2.69. The average molecular weight is 340 g/mol. The summed E-state index contributed by atoms with van der Waals surface area (Å²) >= 11 is 0. The van der Waals surface area contributed by atoms with Crippen LogP contribution in [0.1, 0.15) is 18.1 Å². The van der Waals surface area contributed by atoms with Crippen molar-refractivity contribution in [1.82, 2.24) is 4.90 Å². The summed E-state index contributed by atoms with van der Waals surface area (Å²) in [5.74, 6) is 1.53. The summed E-state index contributed by atoms with van der Waals surface area (Å²) in [7, 11) is 1.94. The van der Waals surface area contributed by atoms with E-state index in [9.17, 15) is 4.79 Å². The van der Waals surface area contributed by atoms with Gasteiger partial charge in [-0.25, -0.2) is 0 Å². The number of hydrogen-bond donors (Lipinski definition) is 1. The fraction of sp³-hybridized carbons (Fsp3) is 0.350. The third-order valence-electron chi connectivity index (χ3n) is 4.40. The van der Waals surface area contributed by atoms with Crippen LogP contribution in [-0.2, 0) is 11.3 Å². The standard InChI is InChI=1S/C20H24N2O3/c1-14-4-7-17(8-5-14)21-20(23)15(2)22(3)13-16-6-9-18-19(12-16)25-11-10-24-18/h4-9,12,15H,10-11,13H2,1-3H3,(H,21,23)/t15-/m1/s1. The van der Waals surface area contributed by atoms with Gasteiger partial charge in [0.2, 0.25) is 5.91 Å². The molecule has 1 aliphatic rings. The number of anilines is 1. The number of nitrogens with zero attached hydrogens (tertiary/aromatic N) is 1. The van der Waals surface area contributed by atoms with E-state index in [4.69, 9.17) is 9.47 Å². The Balaban J connectivity index is 1.60. The molecule has 0 radical (unpaired) electrons. The van der Waals surface area contributed by atoms with Crippen LogP contribution in [0.2, 0.25) is 0 Å². The molecular weight excluding hydrogens is 316 g/mol. The van der Waals surface area contributed by atoms with Gasteiger partial charge < -0.3 is 14.8 Å². The van der Waals surface area contributed by atoms with Gasteiger partial charge in [0.25, 0.3) is 0 Å². The van der Waals surface area contributed by atoms with Crippen LogP contribution in [-0.4, -0.2) is 37.1 Å². The third-order valence-corrected chi connectivity index (χ3v) is 4.40. The molecule has 0 unspecified atom stereocenters. The molecule has 5 nitrogen and oxygen atoms in total. The minimum Gasteiger partial charge on any atom is -0.486 e. The second kappa shape index (κ2) is 7.57. The Morgan fingerprint density at radius 3 is 2.52 bits per heavy atom. The Labute approximate surface area is 148 Å². The monoisotopic (exact) mass is 340 g/mol. The maximum Gasteiger partial charge on any atom is 0.241 e. The molecule has 5 heteroatoms. The molecule has 0 aliphatic carbocycles. The number of nitrogens with one attached hydrogen (secondary N) is 1. The Morgan fingerprint density at radius 1 is 1.12 bits per heavy atom. The van der Waals surface area contributed by atoms with Crippen LogP contribution in [0.15, 0.2) is 42.5 Å². The molecule has 0 spiro atoms. The van der Waals surface area contributed by atoms with Gasteiger partial charge in [-0.05, 0) is 50.7 Å². The molecule has 1 heterocycles. The molecule has 3 rings (SSSR count). The lowest BCUT2D eigenvalue weighted by molar-refractivity contribution is -0.120. The number of carbonyl (C=O) groups excluding carboxylic acids is 1. The Bertz CT molecular complexity index is 743. The van der Waals surface area contributed by atoms with Crippen molar-refractivity contribution < 1.29 is 14.3 Å². The third kappa shape index (κ3) is 4.31. The number of carbonyl (C=O) groups is 1. The van der Waals surface area contributed by atoms with Crippen molar-refractivity contribution in [2.45, 2.75) is 26.4 Å². The van der Waals surface area contributed by atoms with Gasteiger partial charge in [-0.1, -0.05) is 23.8 Å². The molecule has 2 aromatic carbocycles. The van der Waals surface area contributed by atoms with Crippen molar-refractivity contribution in [3.63, 3.8) is 0 Å². The molecule has 25 heavy (non-hydrogen) atoms. The normalized spacial score (nSPS) is 14.2. The van der Waals surface area contributed by atoms with E-state index in [0.717, 1.165) is 22.7 Å². The van der Waals surface area contributed by atoms with Crippen LogP contribution in [0.4, 0.5) is 5.69 Å². The van der Waals surface area contributed by atoms with Crippen LogP contribution >= 0.6 is 0 Å². The van der Waals surface area contributed by atoms with Gasteiger partial charge in [-0.15, -0.1) is 0 Å². The van der Waals surface area contributed by atoms with Gasteiger partial charge in [0.05, 0.1) is 6.04 Å². The van der Waals surface area contributed by atoms with Crippen molar-refractivity contribution in [1.29, 1.82) is 0 Å². The number of likely N-dealkylation sites (N-methyl/N-ethyl adjacent to an activating group) is 1. The molecule has 0 bridgehead atoms. The molecule has 1 atom stereocenters. The molecule has 1 aliphatic heterocycles. The molecular formula is C20H24N2O3. The topological polar surface area (TPSA) is 50.8 Å². The van der Waals surface area contributed by atoms with Gasteiger partial charge in [0, 0.05) is 12.2 Å². The van der Waals surface area contributed by atoms with Gasteiger partial charge in [-0.2, -0.15) is 0 Å². The zero-order valence-corrected chi connectivity index (χ0v) is 14.9. The molecule has 1 amide bonds. The highest BCUT2D eigenvalue weighted by Gasteiger charge is 2.19. The van der Waals surface area contributed by atoms with Gasteiger partial charge >= 0.3 is 0 Å². The highest BCUT2D eigenvalue weighted by atomic mass is 16.6. The first-order valence-corrected chi connectivity index (χ1v) is 8.49. The molecule has 2 aromatic rings. The summed E-state index contributed by atoms with van der Waals surface area (Å²) < 4.78 is 11.2. The number of rotatable bonds is 5. The maximum atomic E-state index is 12.5. The van der Waals surface area contributed by atoms with E-state index in [2.05, 4.69) is 5.32 Å². The second-order valence-corrected chi connectivity index (χ2v) is 6.42. The zero-order chi connectivity index (χ0) is 17.8. The van der Waals surface area contributed by atoms with Crippen LogP contribution in [0.3, 0.4) is 0 Å². The number of aryl methyl sites for hydroxylation is 1. The van der Waals surface area contributed by atoms with E-state index in [1.165, 1.54) is 5.56 Å². The molecule has 0 aromatic heterocycles. The van der Waals surface area contributed by atoms with E-state index < -0.39 is 0 Å². The molecule has 0 saturated heterocycles. The average Bonchev–Trinajstić information content (AvgIpc) is 2.62. The quantitative estimate of drug-likeness (QED) is 0.908. The van der Waals surface area contributed by atoms with Gasteiger partial charge in [0.15, 0.2) is 11.5 Å². The highest BCUT2D eigenvalue weighted by Crippen LogP contribution is 2.31. The van der Waals surface area contributed by atoms with Gasteiger partial charge in [-0.3, -0.25) is 9.69 Å². The zero-order valence-electron chi connectivity index (χ0n) is 14.9. The molecule has 0 saturated carbocycles. The van der Waals surface area contributed by atoms with Crippen molar-refractivity contribution >= 4 is 11.6 Å². The lowest BCUT2D eigenvalue weighted by Gasteiger charge is -2.25. The molecule has 132 valence electrons. The highest BCUT2D eigenvalue weighted by molar-refractivity contribution is 5.94. The van der Waals surface area contributed by atoms with E-state index in [0.29, 0.717) is 19.8 Å². The number of amides is 1. The van der Waals surface area contributed by atoms with Crippen LogP contribution in [0.25, 0.3) is 0 Å². The van der Waals surface area contributed by atoms with E-state index in [1.807, 2.05) is 68.3 Å². The van der Waals surface area contributed by atoms with Gasteiger partial charge in [0.1, 0.15) is 13.2 Å². The molecule has 1 N–H and O–H groups in total. The number of benzene rings is 2. The second-order valence-electron chi connectivity index (χ2n) is 6.42. The van der Waals surface area contributed by atoms with E-state index in [-0.39, 0.29) is 11.9 Å². The summed E-state index contributed by atoms with van der Waals surface area (Å²) in [5, 5.41) is 2.96. The Morgan fingerprint density at radius 2 is 1.80 bits per heavy atom. The number of hydrogen-bond acceptors (Lipinski definition) is 4. The minimum atomic E-state index is -0.255. The maximum absolute atomic E-state index is 12.5. The minimum absolute atomic E-state index is 0.0242. The molecule has 0 fully saturated rings. The van der Waals surface area contributed by atoms with Crippen LogP contribution in [0.5, 0.6) is 11.5 Å². The largest absolute Gasteiger partial charge is 0.486 e. The van der Waals surface area contributed by atoms with Crippen LogP contribution in [0, 0.1) is 6.92 Å². The Hall–Kier alpha value is -2.53. The first kappa shape index (κ1) is 17.3. The summed E-state index contributed by atoms with van der Waals surface area (Å²) in [6.45, 7) is 5.74. The fourth-order valence-electron chi connectivity index (χ4n) is 2.69. The Kier molecular flexibility index (Phi) is 5.24. The van der Waals surface area contributed by atoms with Crippen molar-refractivity contribution in [3.05, 3.63) is 53.6 Å². The number of ether oxygens (including phenoxy) is 2. The predicted octanol–water partition coefficient (Wildman–Crippen LogP) is 3.23. The summed E-state index contributed by atoms with van der Waals surface area (Å²) in [4.78, 5) is 14.5. The van der Waals surface area contributed by atoms with Crippen LogP contribution < -0.4 is 14.8 Å². The predicted molar refractivity (Wildman–Crippen MR) is 98.2 cm³/mol. The summed E-state index contributed by atoms with van der Waals surface area (Å²) in [5.41, 5.74) is 3.07. The van der Waals surface area contributed by atoms with Crippen molar-refractivity contribution in [2.75, 3.05) is 25.6 Å². The summed E-state index contributed by atoms with van der Waals surface area (Å²) in [6.07, 6.45) is 0.